The zero-order valence-electron chi connectivity index (χ0n) is 11.6. The number of carbonyl (C=O) groups excluding carboxylic acids is 1. The quantitative estimate of drug-likeness (QED) is 0.788. The standard InChI is InChI=1S/C16H18ClNO2/c1-11-4-5-14-13(7-11)8-15(20-14)16(19)18-6-2-3-12(9-17)10-18/h4-5,7-8,12H,2-3,6,9-10H2,1H3. The molecule has 2 heterocycles. The van der Waals surface area contributed by atoms with Crippen LogP contribution in [0, 0.1) is 12.8 Å². The average molecular weight is 292 g/mol. The fraction of sp³-hybridized carbons (Fsp3) is 0.438. The number of furan rings is 1. The van der Waals surface area contributed by atoms with Crippen LogP contribution < -0.4 is 0 Å². The molecule has 0 N–H and O–H groups in total. The van der Waals surface area contributed by atoms with Crippen LogP contribution in [-0.4, -0.2) is 29.8 Å². The summed E-state index contributed by atoms with van der Waals surface area (Å²) in [5.74, 6) is 1.43. The van der Waals surface area contributed by atoms with Gasteiger partial charge in [-0.1, -0.05) is 11.6 Å². The number of likely N-dealkylation sites (tertiary alicyclic amines) is 1. The first-order valence-corrected chi connectivity index (χ1v) is 7.56. The van der Waals surface area contributed by atoms with Crippen molar-refractivity contribution < 1.29 is 9.21 Å². The van der Waals surface area contributed by atoms with Gasteiger partial charge in [-0.2, -0.15) is 0 Å². The van der Waals surface area contributed by atoms with E-state index in [4.69, 9.17) is 16.0 Å². The van der Waals surface area contributed by atoms with Crippen LogP contribution in [0.3, 0.4) is 0 Å². The van der Waals surface area contributed by atoms with Crippen molar-refractivity contribution in [3.05, 3.63) is 35.6 Å². The highest BCUT2D eigenvalue weighted by Gasteiger charge is 2.26. The van der Waals surface area contributed by atoms with E-state index in [1.807, 2.05) is 36.1 Å². The van der Waals surface area contributed by atoms with E-state index in [-0.39, 0.29) is 5.91 Å². The molecule has 1 amide bonds. The molecule has 0 saturated carbocycles. The van der Waals surface area contributed by atoms with Gasteiger partial charge in [-0.25, -0.2) is 0 Å². The van der Waals surface area contributed by atoms with Crippen molar-refractivity contribution in [2.45, 2.75) is 19.8 Å². The van der Waals surface area contributed by atoms with Crippen LogP contribution in [0.15, 0.2) is 28.7 Å². The molecule has 2 aromatic rings. The highest BCUT2D eigenvalue weighted by atomic mass is 35.5. The van der Waals surface area contributed by atoms with Crippen LogP contribution in [0.5, 0.6) is 0 Å². The van der Waals surface area contributed by atoms with Crippen molar-refractivity contribution in [1.29, 1.82) is 0 Å². The molecule has 0 aliphatic carbocycles. The molecule has 0 radical (unpaired) electrons. The number of fused-ring (bicyclic) bond motifs is 1. The molecule has 1 aliphatic heterocycles. The second-order valence-corrected chi connectivity index (χ2v) is 5.87. The van der Waals surface area contributed by atoms with E-state index in [9.17, 15) is 4.79 Å². The Labute approximate surface area is 123 Å². The molecule has 3 rings (SSSR count). The lowest BCUT2D eigenvalue weighted by molar-refractivity contribution is 0.0655. The topological polar surface area (TPSA) is 33.5 Å². The summed E-state index contributed by atoms with van der Waals surface area (Å²) >= 11 is 5.92. The second kappa shape index (κ2) is 5.49. The Morgan fingerprint density at radius 2 is 2.30 bits per heavy atom. The smallest absolute Gasteiger partial charge is 0.289 e. The number of hydrogen-bond donors (Lipinski definition) is 0. The SMILES string of the molecule is Cc1ccc2oc(C(=O)N3CCCC(CCl)C3)cc2c1. The Bertz CT molecular complexity index is 634. The van der Waals surface area contributed by atoms with Crippen LogP contribution in [0.2, 0.25) is 0 Å². The van der Waals surface area contributed by atoms with Crippen LogP contribution in [0.4, 0.5) is 0 Å². The fourth-order valence-corrected chi connectivity index (χ4v) is 3.05. The fourth-order valence-electron chi connectivity index (χ4n) is 2.80. The Balaban J connectivity index is 1.84. The summed E-state index contributed by atoms with van der Waals surface area (Å²) in [5, 5.41) is 0.985. The minimum atomic E-state index is -0.0198. The van der Waals surface area contributed by atoms with Gasteiger partial charge in [0.1, 0.15) is 5.58 Å². The second-order valence-electron chi connectivity index (χ2n) is 5.57. The van der Waals surface area contributed by atoms with E-state index >= 15 is 0 Å². The Morgan fingerprint density at radius 1 is 1.45 bits per heavy atom. The maximum Gasteiger partial charge on any atom is 0.289 e. The number of hydrogen-bond acceptors (Lipinski definition) is 2. The molecular weight excluding hydrogens is 274 g/mol. The summed E-state index contributed by atoms with van der Waals surface area (Å²) < 4.78 is 5.68. The lowest BCUT2D eigenvalue weighted by atomic mass is 10.00. The van der Waals surface area contributed by atoms with Gasteiger partial charge < -0.3 is 9.32 Å². The highest BCUT2D eigenvalue weighted by molar-refractivity contribution is 6.18. The van der Waals surface area contributed by atoms with Crippen LogP contribution >= 0.6 is 11.6 Å². The third kappa shape index (κ3) is 2.55. The number of benzene rings is 1. The van der Waals surface area contributed by atoms with E-state index in [2.05, 4.69) is 0 Å². The van der Waals surface area contributed by atoms with Crippen molar-refractivity contribution in [2.24, 2.45) is 5.92 Å². The lowest BCUT2D eigenvalue weighted by Crippen LogP contribution is -2.40. The summed E-state index contributed by atoms with van der Waals surface area (Å²) in [4.78, 5) is 14.4. The maximum atomic E-state index is 12.5. The number of rotatable bonds is 2. The zero-order chi connectivity index (χ0) is 14.1. The molecule has 0 spiro atoms. The van der Waals surface area contributed by atoms with E-state index in [1.54, 1.807) is 0 Å². The van der Waals surface area contributed by atoms with E-state index in [0.29, 0.717) is 17.6 Å². The zero-order valence-corrected chi connectivity index (χ0v) is 12.3. The minimum absolute atomic E-state index is 0.0198. The lowest BCUT2D eigenvalue weighted by Gasteiger charge is -2.31. The highest BCUT2D eigenvalue weighted by Crippen LogP contribution is 2.24. The number of aryl methyl sites for hydroxylation is 1. The molecule has 1 unspecified atom stereocenters. The molecule has 1 atom stereocenters. The van der Waals surface area contributed by atoms with Crippen molar-refractivity contribution >= 4 is 28.5 Å². The molecule has 0 bridgehead atoms. The Hall–Kier alpha value is -1.48. The van der Waals surface area contributed by atoms with Crippen molar-refractivity contribution in [3.63, 3.8) is 0 Å². The number of piperidine rings is 1. The summed E-state index contributed by atoms with van der Waals surface area (Å²) in [6.45, 7) is 3.56. The maximum absolute atomic E-state index is 12.5. The van der Waals surface area contributed by atoms with Crippen LogP contribution in [0.1, 0.15) is 29.0 Å². The van der Waals surface area contributed by atoms with Gasteiger partial charge in [0.25, 0.3) is 5.91 Å². The summed E-state index contributed by atoms with van der Waals surface area (Å²) in [6.07, 6.45) is 2.12. The number of alkyl halides is 1. The Morgan fingerprint density at radius 3 is 3.10 bits per heavy atom. The molecule has 1 aliphatic rings. The molecule has 20 heavy (non-hydrogen) atoms. The third-order valence-electron chi connectivity index (χ3n) is 3.91. The van der Waals surface area contributed by atoms with Crippen molar-refractivity contribution in [1.82, 2.24) is 4.90 Å². The summed E-state index contributed by atoms with van der Waals surface area (Å²) in [5.41, 5.74) is 1.93. The van der Waals surface area contributed by atoms with Gasteiger partial charge in [-0.05, 0) is 43.9 Å². The first kappa shape index (κ1) is 13.5. The average Bonchev–Trinajstić information content (AvgIpc) is 2.89. The molecular formula is C16H18ClNO2. The Kier molecular flexibility index (Phi) is 3.70. The van der Waals surface area contributed by atoms with Gasteiger partial charge in [0.2, 0.25) is 0 Å². The third-order valence-corrected chi connectivity index (χ3v) is 4.34. The number of halogens is 1. The van der Waals surface area contributed by atoms with Gasteiger partial charge in [0.05, 0.1) is 0 Å². The first-order chi connectivity index (χ1) is 9.67. The van der Waals surface area contributed by atoms with Crippen molar-refractivity contribution in [3.8, 4) is 0 Å². The largest absolute Gasteiger partial charge is 0.451 e. The van der Waals surface area contributed by atoms with Crippen LogP contribution in [-0.2, 0) is 0 Å². The normalized spacial score (nSPS) is 19.5. The van der Waals surface area contributed by atoms with Gasteiger partial charge in [-0.15, -0.1) is 11.6 Å². The van der Waals surface area contributed by atoms with Crippen LogP contribution in [0.25, 0.3) is 11.0 Å². The predicted molar refractivity (Wildman–Crippen MR) is 80.3 cm³/mol. The minimum Gasteiger partial charge on any atom is -0.451 e. The number of nitrogens with zero attached hydrogens (tertiary/aromatic N) is 1. The molecule has 1 aromatic heterocycles. The molecule has 1 fully saturated rings. The van der Waals surface area contributed by atoms with E-state index in [0.717, 1.165) is 42.5 Å². The molecule has 1 saturated heterocycles. The predicted octanol–water partition coefficient (Wildman–Crippen LogP) is 3.83. The summed E-state index contributed by atoms with van der Waals surface area (Å²) in [7, 11) is 0. The van der Waals surface area contributed by atoms with Gasteiger partial charge in [-0.3, -0.25) is 4.79 Å². The van der Waals surface area contributed by atoms with Gasteiger partial charge >= 0.3 is 0 Å². The number of carbonyl (C=O) groups is 1. The summed E-state index contributed by atoms with van der Waals surface area (Å²) in [6, 6.07) is 7.78. The first-order valence-electron chi connectivity index (χ1n) is 7.03. The molecule has 4 heteroatoms. The van der Waals surface area contributed by atoms with Gasteiger partial charge in [0.15, 0.2) is 5.76 Å². The molecule has 1 aromatic carbocycles. The van der Waals surface area contributed by atoms with E-state index < -0.39 is 0 Å². The molecule has 106 valence electrons. The van der Waals surface area contributed by atoms with E-state index in [1.165, 1.54) is 0 Å². The van der Waals surface area contributed by atoms with Gasteiger partial charge in [0, 0.05) is 24.4 Å². The number of amides is 1. The monoisotopic (exact) mass is 291 g/mol. The molecule has 3 nitrogen and oxygen atoms in total. The van der Waals surface area contributed by atoms with Crippen molar-refractivity contribution in [2.75, 3.05) is 19.0 Å².